The topological polar surface area (TPSA) is 63.8 Å². The van der Waals surface area contributed by atoms with Crippen LogP contribution in [0, 0.1) is 13.8 Å². The Kier molecular flexibility index (Phi) is 7.08. The van der Waals surface area contributed by atoms with Gasteiger partial charge >= 0.3 is 5.97 Å². The quantitative estimate of drug-likeness (QED) is 0.399. The number of carbonyl (C=O) groups excluding carboxylic acids is 1. The molecule has 0 saturated carbocycles. The van der Waals surface area contributed by atoms with Crippen LogP contribution in [0.5, 0.6) is 0 Å². The second kappa shape index (κ2) is 10.2. The predicted octanol–water partition coefficient (Wildman–Crippen LogP) is 6.85. The van der Waals surface area contributed by atoms with Gasteiger partial charge in [-0.15, -0.1) is 0 Å². The Balaban J connectivity index is 1.75. The number of carbonyl (C=O) groups is 1. The number of aromatic nitrogens is 1. The molecule has 0 saturated heterocycles. The Labute approximate surface area is 204 Å². The van der Waals surface area contributed by atoms with E-state index >= 15 is 0 Å². The van der Waals surface area contributed by atoms with Crippen LogP contribution in [-0.2, 0) is 16.0 Å². The van der Waals surface area contributed by atoms with E-state index in [-0.39, 0.29) is 17.9 Å². The number of nitrogens with zero attached hydrogens (tertiary/aromatic N) is 2. The second-order valence-electron chi connectivity index (χ2n) is 7.99. The number of aliphatic hydroxyl groups is 1. The molecule has 4 rings (SSSR count). The third-order valence-electron chi connectivity index (χ3n) is 5.72. The fourth-order valence-electron chi connectivity index (χ4n) is 3.96. The van der Waals surface area contributed by atoms with E-state index in [1.54, 1.807) is 6.92 Å². The van der Waals surface area contributed by atoms with Gasteiger partial charge in [-0.05, 0) is 74.7 Å². The van der Waals surface area contributed by atoms with Crippen molar-refractivity contribution in [1.82, 2.24) is 4.57 Å². The molecule has 5 nitrogen and oxygen atoms in total. The number of aliphatic imine (C=N–C) groups is 1. The first kappa shape index (κ1) is 23.6. The van der Waals surface area contributed by atoms with Gasteiger partial charge in [-0.1, -0.05) is 49.0 Å². The maximum absolute atomic E-state index is 12.7. The Hall–Kier alpha value is -3.51. The van der Waals surface area contributed by atoms with Gasteiger partial charge < -0.3 is 14.4 Å². The Morgan fingerprint density at radius 3 is 2.44 bits per heavy atom. The summed E-state index contributed by atoms with van der Waals surface area (Å²) in [6.07, 6.45) is 2.85. The zero-order valence-electron chi connectivity index (χ0n) is 19.8. The van der Waals surface area contributed by atoms with Crippen LogP contribution in [-0.4, -0.2) is 27.3 Å². The molecular weight excluding hydrogens is 444 g/mol. The minimum absolute atomic E-state index is 0.100. The first-order chi connectivity index (χ1) is 16.4. The highest BCUT2D eigenvalue weighted by Crippen LogP contribution is 2.41. The predicted molar refractivity (Wildman–Crippen MR) is 140 cm³/mol. The van der Waals surface area contributed by atoms with Crippen LogP contribution in [0.4, 0.5) is 5.69 Å². The third kappa shape index (κ3) is 4.73. The average Bonchev–Trinajstić information content (AvgIpc) is 3.29. The summed E-state index contributed by atoms with van der Waals surface area (Å²) in [4.78, 5) is 17.9. The molecule has 0 atom stereocenters. The molecule has 2 heterocycles. The molecule has 1 aliphatic heterocycles. The highest BCUT2D eigenvalue weighted by molar-refractivity contribution is 8.18. The Morgan fingerprint density at radius 1 is 1.09 bits per heavy atom. The van der Waals surface area contributed by atoms with E-state index in [1.165, 1.54) is 17.3 Å². The smallest absolute Gasteiger partial charge is 0.344 e. The van der Waals surface area contributed by atoms with Gasteiger partial charge in [-0.3, -0.25) is 0 Å². The number of benzene rings is 2. The standard InChI is InChI=1S/C28H28N2O3S/c1-5-20-12-14-22(15-13-20)29-27-25(28(32)33-6-2)26(31)24(34-27)17-21-16-18(3)30(19(21)4)23-10-8-7-9-11-23/h7-17,31H,5-6H2,1-4H3. The van der Waals surface area contributed by atoms with E-state index < -0.39 is 5.97 Å². The van der Waals surface area contributed by atoms with Gasteiger partial charge in [0.25, 0.3) is 0 Å². The lowest BCUT2D eigenvalue weighted by atomic mass is 10.1. The zero-order chi connectivity index (χ0) is 24.2. The van der Waals surface area contributed by atoms with Gasteiger partial charge in [-0.2, -0.15) is 0 Å². The monoisotopic (exact) mass is 472 g/mol. The molecule has 174 valence electrons. The lowest BCUT2D eigenvalue weighted by Gasteiger charge is -2.09. The van der Waals surface area contributed by atoms with Crippen LogP contribution in [0.1, 0.15) is 36.4 Å². The van der Waals surface area contributed by atoms with Gasteiger partial charge in [0, 0.05) is 17.1 Å². The molecule has 2 aromatic carbocycles. The van der Waals surface area contributed by atoms with Crippen molar-refractivity contribution in [2.24, 2.45) is 4.99 Å². The van der Waals surface area contributed by atoms with Gasteiger partial charge in [0.1, 0.15) is 16.4 Å². The van der Waals surface area contributed by atoms with E-state index in [4.69, 9.17) is 4.74 Å². The first-order valence-corrected chi connectivity index (χ1v) is 12.2. The average molecular weight is 473 g/mol. The molecule has 34 heavy (non-hydrogen) atoms. The van der Waals surface area contributed by atoms with Crippen molar-refractivity contribution >= 4 is 34.5 Å². The van der Waals surface area contributed by atoms with Crippen molar-refractivity contribution in [1.29, 1.82) is 0 Å². The maximum Gasteiger partial charge on any atom is 0.344 e. The molecule has 0 aliphatic carbocycles. The van der Waals surface area contributed by atoms with E-state index in [0.29, 0.717) is 9.95 Å². The largest absolute Gasteiger partial charge is 0.506 e. The summed E-state index contributed by atoms with van der Waals surface area (Å²) in [6.45, 7) is 8.15. The summed E-state index contributed by atoms with van der Waals surface area (Å²) >= 11 is 1.28. The molecule has 6 heteroatoms. The van der Waals surface area contributed by atoms with Gasteiger partial charge in [0.15, 0.2) is 0 Å². The lowest BCUT2D eigenvalue weighted by molar-refractivity contribution is -0.138. The molecular formula is C28H28N2O3S. The van der Waals surface area contributed by atoms with Crippen LogP contribution < -0.4 is 0 Å². The lowest BCUT2D eigenvalue weighted by Crippen LogP contribution is -2.12. The molecule has 1 aliphatic rings. The van der Waals surface area contributed by atoms with E-state index in [1.807, 2.05) is 55.5 Å². The van der Waals surface area contributed by atoms with Crippen molar-refractivity contribution < 1.29 is 14.6 Å². The number of aliphatic hydroxyl groups excluding tert-OH is 1. The van der Waals surface area contributed by atoms with E-state index in [2.05, 4.69) is 41.6 Å². The normalized spacial score (nSPS) is 16.0. The maximum atomic E-state index is 12.7. The van der Waals surface area contributed by atoms with Crippen molar-refractivity contribution in [2.45, 2.75) is 34.1 Å². The SMILES string of the molecule is CCOC(=O)C1=C(O)C(=Cc2cc(C)n(-c3ccccc3)c2C)SC1=Nc1ccc(CC)cc1. The van der Waals surface area contributed by atoms with Crippen molar-refractivity contribution in [3.8, 4) is 5.69 Å². The van der Waals surface area contributed by atoms with Crippen LogP contribution in [0.15, 0.2) is 81.9 Å². The second-order valence-corrected chi connectivity index (χ2v) is 9.02. The fourth-order valence-corrected chi connectivity index (χ4v) is 4.99. The summed E-state index contributed by atoms with van der Waals surface area (Å²) in [5.74, 6) is -0.675. The number of ether oxygens (including phenoxy) is 1. The number of aryl methyl sites for hydroxylation is 2. The minimum Gasteiger partial charge on any atom is -0.506 e. The number of hydrogen-bond donors (Lipinski definition) is 1. The number of rotatable bonds is 6. The molecule has 0 fully saturated rings. The molecule has 0 radical (unpaired) electrons. The summed E-state index contributed by atoms with van der Waals surface area (Å²) < 4.78 is 7.39. The van der Waals surface area contributed by atoms with Gasteiger partial charge in [0.05, 0.1) is 17.2 Å². The van der Waals surface area contributed by atoms with Crippen LogP contribution in [0.2, 0.25) is 0 Å². The van der Waals surface area contributed by atoms with Gasteiger partial charge in [0.2, 0.25) is 0 Å². The molecule has 1 N–H and O–H groups in total. The Bertz CT molecular complexity index is 1300. The summed E-state index contributed by atoms with van der Waals surface area (Å²) in [5, 5.41) is 11.5. The number of esters is 1. The van der Waals surface area contributed by atoms with Crippen molar-refractivity contribution in [3.05, 3.63) is 99.4 Å². The molecule has 0 amide bonds. The van der Waals surface area contributed by atoms with Gasteiger partial charge in [-0.25, -0.2) is 9.79 Å². The molecule has 0 spiro atoms. The highest BCUT2D eigenvalue weighted by atomic mass is 32.2. The zero-order valence-corrected chi connectivity index (χ0v) is 20.6. The highest BCUT2D eigenvalue weighted by Gasteiger charge is 2.33. The molecule has 1 aromatic heterocycles. The molecule has 0 unspecified atom stereocenters. The van der Waals surface area contributed by atoms with Crippen LogP contribution in [0.25, 0.3) is 11.8 Å². The molecule has 0 bridgehead atoms. The summed E-state index contributed by atoms with van der Waals surface area (Å²) in [6, 6.07) is 20.1. The summed E-state index contributed by atoms with van der Waals surface area (Å²) in [7, 11) is 0. The van der Waals surface area contributed by atoms with E-state index in [0.717, 1.165) is 34.7 Å². The number of para-hydroxylation sites is 1. The van der Waals surface area contributed by atoms with Crippen LogP contribution >= 0.6 is 11.8 Å². The summed E-state index contributed by atoms with van der Waals surface area (Å²) in [5.41, 5.74) is 6.20. The molecule has 3 aromatic rings. The number of thioether (sulfide) groups is 1. The van der Waals surface area contributed by atoms with Crippen LogP contribution in [0.3, 0.4) is 0 Å². The third-order valence-corrected chi connectivity index (χ3v) is 6.74. The minimum atomic E-state index is -0.574. The van der Waals surface area contributed by atoms with Crippen molar-refractivity contribution in [2.75, 3.05) is 6.61 Å². The fraction of sp³-hybridized carbons (Fsp3) is 0.214. The number of hydrogen-bond acceptors (Lipinski definition) is 5. The van der Waals surface area contributed by atoms with Crippen molar-refractivity contribution in [3.63, 3.8) is 0 Å². The first-order valence-electron chi connectivity index (χ1n) is 11.4. The Morgan fingerprint density at radius 2 is 1.79 bits per heavy atom. The van der Waals surface area contributed by atoms with E-state index in [9.17, 15) is 9.90 Å².